The summed E-state index contributed by atoms with van der Waals surface area (Å²) < 4.78 is 5.69. The second kappa shape index (κ2) is 6.27. The average Bonchev–Trinajstić information content (AvgIpc) is 2.55. The summed E-state index contributed by atoms with van der Waals surface area (Å²) in [6.07, 6.45) is 5.76. The number of aromatic nitrogens is 1. The molecule has 0 saturated heterocycles. The van der Waals surface area contributed by atoms with E-state index in [0.29, 0.717) is 5.92 Å². The van der Waals surface area contributed by atoms with Gasteiger partial charge in [-0.1, -0.05) is 25.1 Å². The summed E-state index contributed by atoms with van der Waals surface area (Å²) in [5.74, 6) is 1.31. The highest BCUT2D eigenvalue weighted by Crippen LogP contribution is 2.39. The van der Waals surface area contributed by atoms with Crippen molar-refractivity contribution in [2.24, 2.45) is 0 Å². The van der Waals surface area contributed by atoms with Crippen molar-refractivity contribution >= 4 is 0 Å². The molecule has 21 heavy (non-hydrogen) atoms. The smallest absolute Gasteiger partial charge is 0.122 e. The molecule has 110 valence electrons. The van der Waals surface area contributed by atoms with Crippen LogP contribution in [0.4, 0.5) is 0 Å². The Morgan fingerprint density at radius 2 is 2.19 bits per heavy atom. The largest absolute Gasteiger partial charge is 0.493 e. The van der Waals surface area contributed by atoms with Crippen LogP contribution in [0.3, 0.4) is 0 Å². The molecule has 3 heteroatoms. The molecule has 1 aliphatic heterocycles. The molecule has 2 atom stereocenters. The van der Waals surface area contributed by atoms with Gasteiger partial charge in [-0.25, -0.2) is 0 Å². The van der Waals surface area contributed by atoms with E-state index in [0.717, 1.165) is 42.7 Å². The van der Waals surface area contributed by atoms with E-state index in [4.69, 9.17) is 4.74 Å². The molecule has 0 fully saturated rings. The van der Waals surface area contributed by atoms with E-state index in [-0.39, 0.29) is 0 Å². The van der Waals surface area contributed by atoms with Crippen LogP contribution in [0, 0.1) is 0 Å². The molecule has 1 aromatic carbocycles. The number of pyridine rings is 1. The number of fused-ring (bicyclic) bond motifs is 1. The zero-order chi connectivity index (χ0) is 14.7. The third-order valence-corrected chi connectivity index (χ3v) is 4.27. The van der Waals surface area contributed by atoms with Gasteiger partial charge in [0.2, 0.25) is 0 Å². The second-order valence-corrected chi connectivity index (χ2v) is 5.55. The number of hydrogen-bond acceptors (Lipinski definition) is 3. The Balaban J connectivity index is 1.81. The lowest BCUT2D eigenvalue weighted by Gasteiger charge is -2.28. The minimum atomic E-state index is -0.445. The Bertz CT molecular complexity index is 612. The first-order valence-electron chi connectivity index (χ1n) is 7.62. The van der Waals surface area contributed by atoms with Crippen LogP contribution in [0.1, 0.15) is 48.5 Å². The van der Waals surface area contributed by atoms with Gasteiger partial charge in [0, 0.05) is 12.4 Å². The van der Waals surface area contributed by atoms with Crippen LogP contribution in [0.15, 0.2) is 42.7 Å². The van der Waals surface area contributed by atoms with Crippen LogP contribution in [-0.2, 0) is 6.42 Å². The number of benzene rings is 1. The summed E-state index contributed by atoms with van der Waals surface area (Å²) in [5, 5.41) is 10.6. The van der Waals surface area contributed by atoms with Crippen LogP contribution in [-0.4, -0.2) is 16.7 Å². The fraction of sp³-hybridized carbons (Fsp3) is 0.389. The highest BCUT2D eigenvalue weighted by Gasteiger charge is 2.24. The van der Waals surface area contributed by atoms with Crippen LogP contribution in [0.2, 0.25) is 0 Å². The van der Waals surface area contributed by atoms with E-state index in [1.54, 1.807) is 6.20 Å². The summed E-state index contributed by atoms with van der Waals surface area (Å²) in [4.78, 5) is 4.15. The van der Waals surface area contributed by atoms with E-state index >= 15 is 0 Å². The van der Waals surface area contributed by atoms with Gasteiger partial charge in [0.05, 0.1) is 12.7 Å². The molecule has 3 nitrogen and oxygen atoms in total. The molecule has 0 radical (unpaired) electrons. The number of ether oxygens (including phenoxy) is 1. The maximum Gasteiger partial charge on any atom is 0.122 e. The van der Waals surface area contributed by atoms with E-state index in [9.17, 15) is 5.11 Å². The fourth-order valence-corrected chi connectivity index (χ4v) is 3.12. The molecule has 3 rings (SSSR count). The molecule has 2 unspecified atom stereocenters. The van der Waals surface area contributed by atoms with Gasteiger partial charge < -0.3 is 9.84 Å². The Hall–Kier alpha value is -1.87. The third-order valence-electron chi connectivity index (χ3n) is 4.27. The van der Waals surface area contributed by atoms with Crippen molar-refractivity contribution in [2.45, 2.75) is 38.2 Å². The van der Waals surface area contributed by atoms with E-state index in [2.05, 4.69) is 18.0 Å². The molecule has 1 aromatic heterocycles. The summed E-state index contributed by atoms with van der Waals surface area (Å²) in [5.41, 5.74) is 3.36. The standard InChI is InChI=1S/C18H21NO2/c1-2-13-12-19-9-7-15(13)17(20)11-14-8-10-21-18-6-4-3-5-16(14)18/h3-7,9,12,14,17,20H,2,8,10-11H2,1H3. The van der Waals surface area contributed by atoms with Gasteiger partial charge in [-0.15, -0.1) is 0 Å². The average molecular weight is 283 g/mol. The first-order valence-corrected chi connectivity index (χ1v) is 7.62. The van der Waals surface area contributed by atoms with Crippen molar-refractivity contribution in [3.05, 3.63) is 59.4 Å². The quantitative estimate of drug-likeness (QED) is 0.931. The highest BCUT2D eigenvalue weighted by molar-refractivity contribution is 5.38. The van der Waals surface area contributed by atoms with Crippen LogP contribution >= 0.6 is 0 Å². The molecule has 0 bridgehead atoms. The van der Waals surface area contributed by atoms with Gasteiger partial charge in [-0.05, 0) is 54.0 Å². The van der Waals surface area contributed by atoms with Crippen LogP contribution in [0.25, 0.3) is 0 Å². The highest BCUT2D eigenvalue weighted by atomic mass is 16.5. The van der Waals surface area contributed by atoms with Crippen molar-refractivity contribution in [3.63, 3.8) is 0 Å². The van der Waals surface area contributed by atoms with Crippen molar-refractivity contribution in [1.82, 2.24) is 4.98 Å². The normalized spacial score (nSPS) is 18.7. The Kier molecular flexibility index (Phi) is 4.20. The topological polar surface area (TPSA) is 42.4 Å². The molecule has 0 aliphatic carbocycles. The Morgan fingerprint density at radius 3 is 3.05 bits per heavy atom. The number of aryl methyl sites for hydroxylation is 1. The molecule has 1 N–H and O–H groups in total. The molecular weight excluding hydrogens is 262 g/mol. The lowest BCUT2D eigenvalue weighted by molar-refractivity contribution is 0.144. The molecule has 2 aromatic rings. The first-order chi connectivity index (χ1) is 10.3. The SMILES string of the molecule is CCc1cnccc1C(O)CC1CCOc2ccccc21. The fourth-order valence-electron chi connectivity index (χ4n) is 3.12. The van der Waals surface area contributed by atoms with Gasteiger partial charge in [-0.3, -0.25) is 4.98 Å². The lowest BCUT2D eigenvalue weighted by Crippen LogP contribution is -2.17. The Labute approximate surface area is 125 Å². The van der Waals surface area contributed by atoms with Crippen LogP contribution in [0.5, 0.6) is 5.75 Å². The maximum absolute atomic E-state index is 10.6. The molecule has 0 saturated carbocycles. The summed E-state index contributed by atoms with van der Waals surface area (Å²) >= 11 is 0. The van der Waals surface area contributed by atoms with Gasteiger partial charge in [0.15, 0.2) is 0 Å². The van der Waals surface area contributed by atoms with Crippen LogP contribution < -0.4 is 4.74 Å². The first kappa shape index (κ1) is 14.1. The number of aliphatic hydroxyl groups excluding tert-OH is 1. The zero-order valence-electron chi connectivity index (χ0n) is 12.3. The number of hydrogen-bond donors (Lipinski definition) is 1. The maximum atomic E-state index is 10.6. The summed E-state index contributed by atoms with van der Waals surface area (Å²) in [7, 11) is 0. The van der Waals surface area contributed by atoms with Gasteiger partial charge in [-0.2, -0.15) is 0 Å². The van der Waals surface area contributed by atoms with E-state index in [1.807, 2.05) is 30.5 Å². The Morgan fingerprint density at radius 1 is 1.33 bits per heavy atom. The van der Waals surface area contributed by atoms with E-state index in [1.165, 1.54) is 5.56 Å². The predicted octanol–water partition coefficient (Wildman–Crippen LogP) is 3.63. The van der Waals surface area contributed by atoms with Crippen molar-refractivity contribution < 1.29 is 9.84 Å². The summed E-state index contributed by atoms with van der Waals surface area (Å²) in [6.45, 7) is 2.82. The monoisotopic (exact) mass is 283 g/mol. The number of para-hydroxylation sites is 1. The van der Waals surface area contributed by atoms with Gasteiger partial charge in [0.25, 0.3) is 0 Å². The van der Waals surface area contributed by atoms with Crippen molar-refractivity contribution in [2.75, 3.05) is 6.61 Å². The molecule has 0 amide bonds. The van der Waals surface area contributed by atoms with Crippen molar-refractivity contribution in [1.29, 1.82) is 0 Å². The molecule has 0 spiro atoms. The van der Waals surface area contributed by atoms with Crippen molar-refractivity contribution in [3.8, 4) is 5.75 Å². The van der Waals surface area contributed by atoms with E-state index < -0.39 is 6.10 Å². The third kappa shape index (κ3) is 2.93. The minimum absolute atomic E-state index is 0.350. The van der Waals surface area contributed by atoms with Gasteiger partial charge in [0.1, 0.15) is 5.75 Å². The lowest BCUT2D eigenvalue weighted by atomic mass is 9.86. The minimum Gasteiger partial charge on any atom is -0.493 e. The molecule has 1 aliphatic rings. The van der Waals surface area contributed by atoms with Gasteiger partial charge >= 0.3 is 0 Å². The molecule has 2 heterocycles. The second-order valence-electron chi connectivity index (χ2n) is 5.55. The number of aliphatic hydroxyl groups is 1. The molecular formula is C18H21NO2. The summed E-state index contributed by atoms with van der Waals surface area (Å²) in [6, 6.07) is 10.1. The number of nitrogens with zero attached hydrogens (tertiary/aromatic N) is 1. The predicted molar refractivity (Wildman–Crippen MR) is 82.5 cm³/mol. The zero-order valence-corrected chi connectivity index (χ0v) is 12.3. The number of rotatable bonds is 4.